The van der Waals surface area contributed by atoms with E-state index in [1.54, 1.807) is 0 Å². The first kappa shape index (κ1) is 24.4. The van der Waals surface area contributed by atoms with Crippen LogP contribution in [-0.2, 0) is 10.3 Å². The van der Waals surface area contributed by atoms with Gasteiger partial charge in [-0.05, 0) is 82.1 Å². The average Bonchev–Trinajstić information content (AvgIpc) is 2.92. The molecule has 0 saturated carbocycles. The van der Waals surface area contributed by atoms with E-state index in [1.807, 2.05) is 18.2 Å². The summed E-state index contributed by atoms with van der Waals surface area (Å²) in [5.74, 6) is 2.44. The molecule has 0 fully saturated rings. The van der Waals surface area contributed by atoms with Crippen LogP contribution in [0.1, 0.15) is 47.2 Å². The lowest BCUT2D eigenvalue weighted by Gasteiger charge is -2.43. The van der Waals surface area contributed by atoms with Crippen molar-refractivity contribution in [3.8, 4) is 17.2 Å². The largest absolute Gasteiger partial charge is 0.467 e. The third-order valence-corrected chi connectivity index (χ3v) is 7.81. The highest BCUT2D eigenvalue weighted by atomic mass is 16.7. The van der Waals surface area contributed by atoms with Crippen LogP contribution < -0.4 is 19.7 Å². The molecule has 0 bridgehead atoms. The van der Waals surface area contributed by atoms with Gasteiger partial charge in [0.05, 0.1) is 0 Å². The zero-order valence-electron chi connectivity index (χ0n) is 22.7. The molecule has 0 aliphatic carbocycles. The maximum atomic E-state index is 6.68. The topological polar surface area (TPSA) is 43.0 Å². The van der Waals surface area contributed by atoms with E-state index in [-0.39, 0.29) is 6.79 Å². The smallest absolute Gasteiger partial charge is 0.190 e. The predicted octanol–water partition coefficient (Wildman–Crippen LogP) is 7.97. The molecule has 2 heterocycles. The lowest BCUT2D eigenvalue weighted by Crippen LogP contribution is -2.40. The van der Waals surface area contributed by atoms with Gasteiger partial charge in [0, 0.05) is 52.9 Å². The van der Waals surface area contributed by atoms with Crippen LogP contribution >= 0.6 is 0 Å². The SMILES string of the molecule is CCN(CC)c1ccc2c(c1)Oc1cc(C)c(Nc3ccc(C)cc3C)cc1C21OCOc2ccccc21. The lowest BCUT2D eigenvalue weighted by atomic mass is 9.76. The Morgan fingerprint density at radius 3 is 2.26 bits per heavy atom. The van der Waals surface area contributed by atoms with Crippen LogP contribution in [0.3, 0.4) is 0 Å². The first-order valence-electron chi connectivity index (χ1n) is 13.4. The Balaban J connectivity index is 1.56. The highest BCUT2D eigenvalue weighted by Gasteiger charge is 2.49. The Morgan fingerprint density at radius 1 is 0.737 bits per heavy atom. The van der Waals surface area contributed by atoms with Gasteiger partial charge in [-0.15, -0.1) is 0 Å². The van der Waals surface area contributed by atoms with Crippen molar-refractivity contribution in [2.24, 2.45) is 0 Å². The maximum Gasteiger partial charge on any atom is 0.190 e. The average molecular weight is 507 g/mol. The van der Waals surface area contributed by atoms with Crippen molar-refractivity contribution in [3.63, 3.8) is 0 Å². The fraction of sp³-hybridized carbons (Fsp3) is 0.273. The molecule has 194 valence electrons. The maximum absolute atomic E-state index is 6.68. The van der Waals surface area contributed by atoms with Crippen LogP contribution in [-0.4, -0.2) is 19.9 Å². The van der Waals surface area contributed by atoms with E-state index in [9.17, 15) is 0 Å². The first-order valence-corrected chi connectivity index (χ1v) is 13.4. The molecule has 2 aliphatic rings. The van der Waals surface area contributed by atoms with E-state index < -0.39 is 5.60 Å². The molecule has 4 aromatic carbocycles. The zero-order valence-corrected chi connectivity index (χ0v) is 22.7. The highest BCUT2D eigenvalue weighted by Crippen LogP contribution is 2.57. The van der Waals surface area contributed by atoms with Crippen molar-refractivity contribution in [3.05, 3.63) is 106 Å². The molecule has 0 amide bonds. The van der Waals surface area contributed by atoms with Gasteiger partial charge >= 0.3 is 0 Å². The summed E-state index contributed by atoms with van der Waals surface area (Å²) in [6, 6.07) is 25.4. The Bertz CT molecular complexity index is 1530. The zero-order chi connectivity index (χ0) is 26.4. The van der Waals surface area contributed by atoms with E-state index >= 15 is 0 Å². The number of para-hydroxylation sites is 1. The van der Waals surface area contributed by atoms with Crippen molar-refractivity contribution < 1.29 is 14.2 Å². The van der Waals surface area contributed by atoms with E-state index in [0.717, 1.165) is 69.7 Å². The Kier molecular flexibility index (Phi) is 6.04. The van der Waals surface area contributed by atoms with Gasteiger partial charge in [-0.25, -0.2) is 0 Å². The van der Waals surface area contributed by atoms with Gasteiger partial charge < -0.3 is 24.4 Å². The molecule has 1 unspecified atom stereocenters. The van der Waals surface area contributed by atoms with Gasteiger partial charge in [0.2, 0.25) is 0 Å². The number of nitrogens with one attached hydrogen (secondary N) is 1. The molecule has 1 N–H and O–H groups in total. The summed E-state index contributed by atoms with van der Waals surface area (Å²) in [6.45, 7) is 12.7. The molecule has 5 heteroatoms. The molecule has 6 rings (SSSR count). The summed E-state index contributed by atoms with van der Waals surface area (Å²) in [6.07, 6.45) is 0. The molecule has 5 nitrogen and oxygen atoms in total. The van der Waals surface area contributed by atoms with Gasteiger partial charge in [-0.2, -0.15) is 0 Å². The fourth-order valence-electron chi connectivity index (χ4n) is 5.80. The van der Waals surface area contributed by atoms with Gasteiger partial charge in [0.25, 0.3) is 0 Å². The Hall–Kier alpha value is -3.96. The third-order valence-electron chi connectivity index (χ3n) is 7.81. The number of anilines is 3. The number of aryl methyl sites for hydroxylation is 3. The predicted molar refractivity (Wildman–Crippen MR) is 153 cm³/mol. The minimum absolute atomic E-state index is 0.154. The van der Waals surface area contributed by atoms with Gasteiger partial charge in [0.15, 0.2) is 12.4 Å². The van der Waals surface area contributed by atoms with Crippen molar-refractivity contribution in [2.45, 2.75) is 40.2 Å². The van der Waals surface area contributed by atoms with Crippen LogP contribution in [0.2, 0.25) is 0 Å². The van der Waals surface area contributed by atoms with Gasteiger partial charge in [-0.3, -0.25) is 0 Å². The number of nitrogens with zero attached hydrogens (tertiary/aromatic N) is 1. The number of rotatable bonds is 5. The summed E-state index contributed by atoms with van der Waals surface area (Å²) in [7, 11) is 0. The summed E-state index contributed by atoms with van der Waals surface area (Å²) >= 11 is 0. The summed E-state index contributed by atoms with van der Waals surface area (Å²) < 4.78 is 19.3. The molecular weight excluding hydrogens is 472 g/mol. The molecule has 0 radical (unpaired) electrons. The van der Waals surface area contributed by atoms with Crippen LogP contribution in [0.5, 0.6) is 17.2 Å². The minimum atomic E-state index is -0.855. The van der Waals surface area contributed by atoms with Gasteiger partial charge in [-0.1, -0.05) is 35.9 Å². The first-order chi connectivity index (χ1) is 18.4. The monoisotopic (exact) mass is 506 g/mol. The van der Waals surface area contributed by atoms with Crippen molar-refractivity contribution in [1.29, 1.82) is 0 Å². The second-order valence-corrected chi connectivity index (χ2v) is 10.1. The Labute approximate surface area is 225 Å². The normalized spacial score (nSPS) is 17.1. The number of hydrogen-bond acceptors (Lipinski definition) is 5. The minimum Gasteiger partial charge on any atom is -0.467 e. The van der Waals surface area contributed by atoms with Gasteiger partial charge in [0.1, 0.15) is 17.2 Å². The van der Waals surface area contributed by atoms with E-state index in [0.29, 0.717) is 0 Å². The number of ether oxygens (including phenoxy) is 3. The molecular formula is C33H34N2O3. The summed E-state index contributed by atoms with van der Waals surface area (Å²) in [5.41, 5.74) is 8.87. The molecule has 1 atom stereocenters. The van der Waals surface area contributed by atoms with Crippen molar-refractivity contribution in [2.75, 3.05) is 30.1 Å². The number of benzene rings is 4. The molecule has 1 spiro atoms. The van der Waals surface area contributed by atoms with E-state index in [2.05, 4.69) is 99.4 Å². The van der Waals surface area contributed by atoms with E-state index in [1.165, 1.54) is 11.1 Å². The summed E-state index contributed by atoms with van der Waals surface area (Å²) in [5, 5.41) is 3.68. The molecule has 2 aliphatic heterocycles. The lowest BCUT2D eigenvalue weighted by molar-refractivity contribution is -0.0908. The summed E-state index contributed by atoms with van der Waals surface area (Å²) in [4.78, 5) is 2.33. The molecule has 0 aromatic heterocycles. The van der Waals surface area contributed by atoms with Crippen molar-refractivity contribution >= 4 is 17.1 Å². The van der Waals surface area contributed by atoms with Crippen LogP contribution in [0.15, 0.2) is 72.8 Å². The quantitative estimate of drug-likeness (QED) is 0.297. The third kappa shape index (κ3) is 3.81. The Morgan fingerprint density at radius 2 is 1.47 bits per heavy atom. The molecule has 4 aromatic rings. The number of hydrogen-bond donors (Lipinski definition) is 1. The second-order valence-electron chi connectivity index (χ2n) is 10.1. The molecule has 38 heavy (non-hydrogen) atoms. The van der Waals surface area contributed by atoms with Crippen LogP contribution in [0.4, 0.5) is 17.1 Å². The van der Waals surface area contributed by atoms with Crippen LogP contribution in [0.25, 0.3) is 0 Å². The standard InChI is InChI=1S/C33H34N2O3/c1-6-35(7-2)24-13-14-26-32(18-24)38-31-17-23(5)29(34-28-15-12-21(3)16-22(28)4)19-27(31)33(26)25-10-8-9-11-30(25)36-20-37-33/h8-19,34H,6-7,20H2,1-5H3. The second kappa shape index (κ2) is 9.41. The van der Waals surface area contributed by atoms with E-state index in [4.69, 9.17) is 14.2 Å². The molecule has 0 saturated heterocycles. The number of fused-ring (bicyclic) bond motifs is 6. The van der Waals surface area contributed by atoms with Crippen LogP contribution in [0, 0.1) is 20.8 Å². The highest BCUT2D eigenvalue weighted by molar-refractivity contribution is 5.74. The van der Waals surface area contributed by atoms with Crippen molar-refractivity contribution in [1.82, 2.24) is 0 Å². The fourth-order valence-corrected chi connectivity index (χ4v) is 5.80.